The molecule has 0 radical (unpaired) electrons. The summed E-state index contributed by atoms with van der Waals surface area (Å²) in [7, 11) is 0. The highest BCUT2D eigenvalue weighted by atomic mass is 32.1. The first-order valence-corrected chi connectivity index (χ1v) is 8.63. The number of aromatic nitrogens is 2. The van der Waals surface area contributed by atoms with Crippen molar-refractivity contribution in [3.05, 3.63) is 53.7 Å². The van der Waals surface area contributed by atoms with Crippen molar-refractivity contribution in [1.82, 2.24) is 9.97 Å². The monoisotopic (exact) mass is 309 g/mol. The molecule has 0 bridgehead atoms. The zero-order valence-corrected chi connectivity index (χ0v) is 13.5. The van der Waals surface area contributed by atoms with Gasteiger partial charge in [0, 0.05) is 13.1 Å². The van der Waals surface area contributed by atoms with Crippen LogP contribution in [0.1, 0.15) is 25.3 Å². The SMILES string of the molecule is CC1(c2ccccc2)CCN(c2ncnc3sccc23)CC1. The Bertz CT molecular complexity index is 773. The molecule has 112 valence electrons. The van der Waals surface area contributed by atoms with Crippen LogP contribution in [0.25, 0.3) is 10.2 Å². The summed E-state index contributed by atoms with van der Waals surface area (Å²) < 4.78 is 0. The highest BCUT2D eigenvalue weighted by Gasteiger charge is 2.32. The fraction of sp³-hybridized carbons (Fsp3) is 0.333. The number of fused-ring (bicyclic) bond motifs is 1. The molecule has 22 heavy (non-hydrogen) atoms. The number of piperidine rings is 1. The van der Waals surface area contributed by atoms with Gasteiger partial charge < -0.3 is 4.90 Å². The van der Waals surface area contributed by atoms with Crippen LogP contribution in [-0.2, 0) is 5.41 Å². The zero-order chi connectivity index (χ0) is 15.0. The molecule has 3 heterocycles. The molecule has 2 aromatic heterocycles. The van der Waals surface area contributed by atoms with Gasteiger partial charge in [0.05, 0.1) is 5.39 Å². The van der Waals surface area contributed by atoms with Crippen LogP contribution in [0.5, 0.6) is 0 Å². The van der Waals surface area contributed by atoms with Crippen LogP contribution in [0.15, 0.2) is 48.1 Å². The summed E-state index contributed by atoms with van der Waals surface area (Å²) in [5.74, 6) is 1.10. The molecule has 4 rings (SSSR count). The Kier molecular flexibility index (Phi) is 3.34. The molecular weight excluding hydrogens is 290 g/mol. The van der Waals surface area contributed by atoms with Gasteiger partial charge >= 0.3 is 0 Å². The highest BCUT2D eigenvalue weighted by molar-refractivity contribution is 7.16. The van der Waals surface area contributed by atoms with Crippen LogP contribution in [0.4, 0.5) is 5.82 Å². The standard InChI is InChI=1S/C18H19N3S/c1-18(14-5-3-2-4-6-14)8-10-21(11-9-18)16-15-7-12-22-17(15)20-13-19-16/h2-7,12-13H,8-11H2,1H3. The Morgan fingerprint density at radius 3 is 2.59 bits per heavy atom. The maximum absolute atomic E-state index is 4.54. The fourth-order valence-electron chi connectivity index (χ4n) is 3.37. The van der Waals surface area contributed by atoms with Crippen LogP contribution in [-0.4, -0.2) is 23.1 Å². The molecule has 3 aromatic rings. The predicted molar refractivity (Wildman–Crippen MR) is 92.7 cm³/mol. The minimum atomic E-state index is 0.276. The lowest BCUT2D eigenvalue weighted by molar-refractivity contribution is 0.361. The molecule has 1 aliphatic rings. The molecule has 1 aliphatic heterocycles. The molecular formula is C18H19N3S. The maximum atomic E-state index is 4.54. The van der Waals surface area contributed by atoms with Crippen molar-refractivity contribution in [2.24, 2.45) is 0 Å². The lowest BCUT2D eigenvalue weighted by Gasteiger charge is -2.40. The Labute approximate surface area is 134 Å². The van der Waals surface area contributed by atoms with Gasteiger partial charge in [0.1, 0.15) is 17.0 Å². The van der Waals surface area contributed by atoms with E-state index in [4.69, 9.17) is 0 Å². The molecule has 3 nitrogen and oxygen atoms in total. The topological polar surface area (TPSA) is 29.0 Å². The first-order chi connectivity index (χ1) is 10.8. The first kappa shape index (κ1) is 13.7. The van der Waals surface area contributed by atoms with Gasteiger partial charge in [-0.3, -0.25) is 0 Å². The minimum Gasteiger partial charge on any atom is -0.356 e. The average molecular weight is 309 g/mol. The lowest BCUT2D eigenvalue weighted by Crippen LogP contribution is -2.41. The van der Waals surface area contributed by atoms with Gasteiger partial charge in [-0.15, -0.1) is 11.3 Å². The molecule has 0 atom stereocenters. The van der Waals surface area contributed by atoms with Gasteiger partial charge in [-0.1, -0.05) is 37.3 Å². The average Bonchev–Trinajstić information content (AvgIpc) is 3.05. The molecule has 1 aromatic carbocycles. The molecule has 0 aliphatic carbocycles. The van der Waals surface area contributed by atoms with Gasteiger partial charge in [-0.2, -0.15) is 0 Å². The number of benzene rings is 1. The van der Waals surface area contributed by atoms with E-state index >= 15 is 0 Å². The molecule has 0 N–H and O–H groups in total. The van der Waals surface area contributed by atoms with E-state index in [0.717, 1.165) is 36.6 Å². The third kappa shape index (κ3) is 2.28. The summed E-state index contributed by atoms with van der Waals surface area (Å²) in [6, 6.07) is 13.0. The first-order valence-electron chi connectivity index (χ1n) is 7.75. The van der Waals surface area contributed by atoms with E-state index in [2.05, 4.69) is 63.6 Å². The Morgan fingerprint density at radius 1 is 1.05 bits per heavy atom. The van der Waals surface area contributed by atoms with Crippen molar-refractivity contribution in [3.63, 3.8) is 0 Å². The summed E-state index contributed by atoms with van der Waals surface area (Å²) in [6.45, 7) is 4.49. The molecule has 1 fully saturated rings. The normalized spacial score (nSPS) is 17.8. The van der Waals surface area contributed by atoms with Crippen LogP contribution in [0, 0.1) is 0 Å². The van der Waals surface area contributed by atoms with Gasteiger partial charge in [0.2, 0.25) is 0 Å². The van der Waals surface area contributed by atoms with E-state index in [1.165, 1.54) is 10.9 Å². The number of hydrogen-bond donors (Lipinski definition) is 0. The molecule has 0 unspecified atom stereocenters. The summed E-state index contributed by atoms with van der Waals surface area (Å²) in [5.41, 5.74) is 1.73. The molecule has 0 spiro atoms. The second-order valence-electron chi connectivity index (χ2n) is 6.25. The third-order valence-electron chi connectivity index (χ3n) is 4.88. The van der Waals surface area contributed by atoms with E-state index in [0.29, 0.717) is 0 Å². The van der Waals surface area contributed by atoms with Crippen LogP contribution < -0.4 is 4.90 Å². The van der Waals surface area contributed by atoms with E-state index in [9.17, 15) is 0 Å². The van der Waals surface area contributed by atoms with Crippen molar-refractivity contribution < 1.29 is 0 Å². The maximum Gasteiger partial charge on any atom is 0.140 e. The van der Waals surface area contributed by atoms with E-state index in [1.54, 1.807) is 17.7 Å². The summed E-state index contributed by atoms with van der Waals surface area (Å²) >= 11 is 1.68. The number of anilines is 1. The Balaban J connectivity index is 1.58. The van der Waals surface area contributed by atoms with Crippen molar-refractivity contribution in [2.45, 2.75) is 25.2 Å². The molecule has 0 saturated carbocycles. The van der Waals surface area contributed by atoms with Crippen LogP contribution in [0.2, 0.25) is 0 Å². The van der Waals surface area contributed by atoms with Crippen molar-refractivity contribution in [1.29, 1.82) is 0 Å². The quantitative estimate of drug-likeness (QED) is 0.708. The largest absolute Gasteiger partial charge is 0.356 e. The fourth-order valence-corrected chi connectivity index (χ4v) is 4.10. The Hall–Kier alpha value is -1.94. The number of rotatable bonds is 2. The van der Waals surface area contributed by atoms with Gasteiger partial charge in [0.15, 0.2) is 0 Å². The lowest BCUT2D eigenvalue weighted by atomic mass is 9.74. The number of hydrogen-bond acceptors (Lipinski definition) is 4. The summed E-state index contributed by atoms with van der Waals surface area (Å²) in [6.07, 6.45) is 4.01. The highest BCUT2D eigenvalue weighted by Crippen LogP contribution is 2.37. The van der Waals surface area contributed by atoms with Crippen LogP contribution in [0.3, 0.4) is 0 Å². The smallest absolute Gasteiger partial charge is 0.140 e. The number of nitrogens with zero attached hydrogens (tertiary/aromatic N) is 3. The second-order valence-corrected chi connectivity index (χ2v) is 7.15. The summed E-state index contributed by atoms with van der Waals surface area (Å²) in [5, 5.41) is 3.29. The minimum absolute atomic E-state index is 0.276. The Morgan fingerprint density at radius 2 is 1.82 bits per heavy atom. The zero-order valence-electron chi connectivity index (χ0n) is 12.7. The van der Waals surface area contributed by atoms with Gasteiger partial charge in [0.25, 0.3) is 0 Å². The summed E-state index contributed by atoms with van der Waals surface area (Å²) in [4.78, 5) is 12.4. The van der Waals surface area contributed by atoms with Crippen LogP contribution >= 0.6 is 11.3 Å². The van der Waals surface area contributed by atoms with Crippen molar-refractivity contribution in [2.75, 3.05) is 18.0 Å². The molecule has 1 saturated heterocycles. The van der Waals surface area contributed by atoms with Gasteiger partial charge in [-0.05, 0) is 35.3 Å². The van der Waals surface area contributed by atoms with E-state index < -0.39 is 0 Å². The van der Waals surface area contributed by atoms with Crippen molar-refractivity contribution >= 4 is 27.4 Å². The second kappa shape index (κ2) is 5.36. The van der Waals surface area contributed by atoms with Crippen molar-refractivity contribution in [3.8, 4) is 0 Å². The van der Waals surface area contributed by atoms with E-state index in [-0.39, 0.29) is 5.41 Å². The van der Waals surface area contributed by atoms with E-state index in [1.807, 2.05) is 0 Å². The van der Waals surface area contributed by atoms with Gasteiger partial charge in [-0.25, -0.2) is 9.97 Å². The predicted octanol–water partition coefficient (Wildman–Crippen LogP) is 4.25. The third-order valence-corrected chi connectivity index (χ3v) is 5.70. The molecule has 0 amide bonds. The molecule has 4 heteroatoms. The number of thiophene rings is 1.